The summed E-state index contributed by atoms with van der Waals surface area (Å²) in [5.41, 5.74) is 1.05. The second kappa shape index (κ2) is 7.92. The van der Waals surface area contributed by atoms with Crippen LogP contribution in [0.4, 0.5) is 0 Å². The molecule has 0 aromatic carbocycles. The number of likely N-dealkylation sites (tertiary alicyclic amines) is 1. The highest BCUT2D eigenvalue weighted by molar-refractivity contribution is 5.89. The Labute approximate surface area is 132 Å². The molecule has 1 unspecified atom stereocenters. The SMILES string of the molecule is CCCN(CCC)C(=O)C1CC(=O)N(Cc2ccncc2)C1. The second-order valence-corrected chi connectivity index (χ2v) is 5.86. The van der Waals surface area contributed by atoms with Crippen LogP contribution in [0.3, 0.4) is 0 Å². The predicted octanol–water partition coefficient (Wildman–Crippen LogP) is 2.08. The van der Waals surface area contributed by atoms with E-state index in [-0.39, 0.29) is 17.7 Å². The van der Waals surface area contributed by atoms with Gasteiger partial charge < -0.3 is 9.80 Å². The Morgan fingerprint density at radius 1 is 1.27 bits per heavy atom. The molecular weight excluding hydrogens is 278 g/mol. The highest BCUT2D eigenvalue weighted by atomic mass is 16.2. The molecule has 0 aliphatic carbocycles. The highest BCUT2D eigenvalue weighted by Crippen LogP contribution is 2.22. The van der Waals surface area contributed by atoms with Crippen LogP contribution in [0.5, 0.6) is 0 Å². The maximum absolute atomic E-state index is 12.6. The lowest BCUT2D eigenvalue weighted by Crippen LogP contribution is -2.38. The largest absolute Gasteiger partial charge is 0.342 e. The molecule has 2 heterocycles. The summed E-state index contributed by atoms with van der Waals surface area (Å²) in [6, 6.07) is 3.81. The lowest BCUT2D eigenvalue weighted by atomic mass is 10.1. The molecular formula is C17H25N3O2. The van der Waals surface area contributed by atoms with Gasteiger partial charge in [0.15, 0.2) is 0 Å². The van der Waals surface area contributed by atoms with Gasteiger partial charge in [-0.15, -0.1) is 0 Å². The Balaban J connectivity index is 1.97. The van der Waals surface area contributed by atoms with E-state index in [1.54, 1.807) is 17.3 Å². The van der Waals surface area contributed by atoms with E-state index in [1.807, 2.05) is 17.0 Å². The van der Waals surface area contributed by atoms with Crippen LogP contribution < -0.4 is 0 Å². The molecule has 120 valence electrons. The van der Waals surface area contributed by atoms with Crippen molar-refractivity contribution in [3.8, 4) is 0 Å². The van der Waals surface area contributed by atoms with Crippen molar-refractivity contribution in [1.29, 1.82) is 0 Å². The summed E-state index contributed by atoms with van der Waals surface area (Å²) in [6.07, 6.45) is 5.69. The van der Waals surface area contributed by atoms with Crippen LogP contribution in [0.2, 0.25) is 0 Å². The Kier molecular flexibility index (Phi) is 5.92. The van der Waals surface area contributed by atoms with E-state index in [0.717, 1.165) is 31.5 Å². The molecule has 0 bridgehead atoms. The number of aromatic nitrogens is 1. The number of hydrogen-bond acceptors (Lipinski definition) is 3. The summed E-state index contributed by atoms with van der Waals surface area (Å²) in [7, 11) is 0. The second-order valence-electron chi connectivity index (χ2n) is 5.86. The van der Waals surface area contributed by atoms with Crippen molar-refractivity contribution in [3.63, 3.8) is 0 Å². The molecule has 0 saturated carbocycles. The zero-order valence-corrected chi connectivity index (χ0v) is 13.5. The standard InChI is InChI=1S/C17H25N3O2/c1-3-9-19(10-4-2)17(22)15-11-16(21)20(13-15)12-14-5-7-18-8-6-14/h5-8,15H,3-4,9-13H2,1-2H3. The maximum Gasteiger partial charge on any atom is 0.227 e. The Hall–Kier alpha value is -1.91. The van der Waals surface area contributed by atoms with Gasteiger partial charge in [-0.3, -0.25) is 14.6 Å². The van der Waals surface area contributed by atoms with Crippen molar-refractivity contribution in [3.05, 3.63) is 30.1 Å². The average Bonchev–Trinajstić information content (AvgIpc) is 2.88. The molecule has 0 N–H and O–H groups in total. The zero-order valence-electron chi connectivity index (χ0n) is 13.5. The zero-order chi connectivity index (χ0) is 15.9. The molecule has 1 aliphatic heterocycles. The van der Waals surface area contributed by atoms with Gasteiger partial charge >= 0.3 is 0 Å². The summed E-state index contributed by atoms with van der Waals surface area (Å²) < 4.78 is 0. The van der Waals surface area contributed by atoms with Crippen LogP contribution in [0.25, 0.3) is 0 Å². The summed E-state index contributed by atoms with van der Waals surface area (Å²) in [5, 5.41) is 0. The van der Waals surface area contributed by atoms with E-state index in [2.05, 4.69) is 18.8 Å². The smallest absolute Gasteiger partial charge is 0.227 e. The van der Waals surface area contributed by atoms with Gasteiger partial charge in [0.25, 0.3) is 0 Å². The number of pyridine rings is 1. The molecule has 1 fully saturated rings. The monoisotopic (exact) mass is 303 g/mol. The Morgan fingerprint density at radius 2 is 1.91 bits per heavy atom. The number of rotatable bonds is 7. The van der Waals surface area contributed by atoms with Gasteiger partial charge in [-0.1, -0.05) is 13.8 Å². The fraction of sp³-hybridized carbons (Fsp3) is 0.588. The van der Waals surface area contributed by atoms with E-state index in [1.165, 1.54) is 0 Å². The van der Waals surface area contributed by atoms with Crippen LogP contribution in [0.1, 0.15) is 38.7 Å². The third-order valence-electron chi connectivity index (χ3n) is 3.99. The molecule has 0 radical (unpaired) electrons. The molecule has 1 saturated heterocycles. The van der Waals surface area contributed by atoms with Gasteiger partial charge in [0.2, 0.25) is 11.8 Å². The first kappa shape index (κ1) is 16.5. The lowest BCUT2D eigenvalue weighted by molar-refractivity contribution is -0.136. The van der Waals surface area contributed by atoms with Crippen molar-refractivity contribution in [1.82, 2.24) is 14.8 Å². The van der Waals surface area contributed by atoms with Gasteiger partial charge in [0.1, 0.15) is 0 Å². The topological polar surface area (TPSA) is 53.5 Å². The first-order valence-electron chi connectivity index (χ1n) is 8.11. The minimum absolute atomic E-state index is 0.0723. The molecule has 5 nitrogen and oxygen atoms in total. The molecule has 1 aromatic heterocycles. The van der Waals surface area contributed by atoms with Crippen molar-refractivity contribution in [2.75, 3.05) is 19.6 Å². The highest BCUT2D eigenvalue weighted by Gasteiger charge is 2.36. The van der Waals surface area contributed by atoms with Crippen LogP contribution in [-0.2, 0) is 16.1 Å². The molecule has 0 spiro atoms. The molecule has 5 heteroatoms. The molecule has 1 atom stereocenters. The van der Waals surface area contributed by atoms with Gasteiger partial charge in [0.05, 0.1) is 5.92 Å². The summed E-state index contributed by atoms with van der Waals surface area (Å²) in [4.78, 5) is 32.5. The van der Waals surface area contributed by atoms with Gasteiger partial charge in [0, 0.05) is 45.0 Å². The minimum atomic E-state index is -0.188. The Bertz CT molecular complexity index is 498. The first-order valence-corrected chi connectivity index (χ1v) is 8.11. The summed E-state index contributed by atoms with van der Waals surface area (Å²) >= 11 is 0. The van der Waals surface area contributed by atoms with Crippen LogP contribution in [-0.4, -0.2) is 46.2 Å². The fourth-order valence-electron chi connectivity index (χ4n) is 2.93. The van der Waals surface area contributed by atoms with Crippen LogP contribution in [0, 0.1) is 5.92 Å². The molecule has 2 amide bonds. The number of carbonyl (C=O) groups is 2. The van der Waals surface area contributed by atoms with E-state index in [9.17, 15) is 9.59 Å². The van der Waals surface area contributed by atoms with Gasteiger partial charge in [-0.2, -0.15) is 0 Å². The third kappa shape index (κ3) is 4.06. The van der Waals surface area contributed by atoms with E-state index in [4.69, 9.17) is 0 Å². The van der Waals surface area contributed by atoms with E-state index < -0.39 is 0 Å². The normalized spacial score (nSPS) is 17.8. The van der Waals surface area contributed by atoms with Gasteiger partial charge in [-0.05, 0) is 30.5 Å². The summed E-state index contributed by atoms with van der Waals surface area (Å²) in [5.74, 6) is 0.0184. The summed E-state index contributed by atoms with van der Waals surface area (Å²) in [6.45, 7) is 6.80. The van der Waals surface area contributed by atoms with Crippen LogP contribution >= 0.6 is 0 Å². The van der Waals surface area contributed by atoms with Crippen molar-refractivity contribution in [2.24, 2.45) is 5.92 Å². The molecule has 22 heavy (non-hydrogen) atoms. The molecule has 1 aliphatic rings. The fourth-order valence-corrected chi connectivity index (χ4v) is 2.93. The van der Waals surface area contributed by atoms with E-state index >= 15 is 0 Å². The number of hydrogen-bond donors (Lipinski definition) is 0. The molecule has 1 aromatic rings. The average molecular weight is 303 g/mol. The van der Waals surface area contributed by atoms with Crippen molar-refractivity contribution < 1.29 is 9.59 Å². The van der Waals surface area contributed by atoms with E-state index in [0.29, 0.717) is 19.5 Å². The minimum Gasteiger partial charge on any atom is -0.342 e. The first-order chi connectivity index (χ1) is 10.7. The maximum atomic E-state index is 12.6. The number of carbonyl (C=O) groups excluding carboxylic acids is 2. The van der Waals surface area contributed by atoms with Crippen LogP contribution in [0.15, 0.2) is 24.5 Å². The lowest BCUT2D eigenvalue weighted by Gasteiger charge is -2.24. The number of amides is 2. The van der Waals surface area contributed by atoms with Gasteiger partial charge in [-0.25, -0.2) is 0 Å². The van der Waals surface area contributed by atoms with Crippen molar-refractivity contribution >= 4 is 11.8 Å². The quantitative estimate of drug-likeness (QED) is 0.775. The predicted molar refractivity (Wildman–Crippen MR) is 84.9 cm³/mol. The Morgan fingerprint density at radius 3 is 2.50 bits per heavy atom. The molecule has 2 rings (SSSR count). The third-order valence-corrected chi connectivity index (χ3v) is 3.99. The van der Waals surface area contributed by atoms with Crippen molar-refractivity contribution in [2.45, 2.75) is 39.7 Å². The number of nitrogens with zero attached hydrogens (tertiary/aromatic N) is 3.